The van der Waals surface area contributed by atoms with Crippen LogP contribution in [-0.4, -0.2) is 34.8 Å². The molecule has 0 unspecified atom stereocenters. The van der Waals surface area contributed by atoms with Gasteiger partial charge in [0.15, 0.2) is 0 Å². The van der Waals surface area contributed by atoms with Gasteiger partial charge in [0.25, 0.3) is 0 Å². The number of hydrogen-bond acceptors (Lipinski definition) is 4. The number of nitrogens with one attached hydrogen (secondary N) is 1. The van der Waals surface area contributed by atoms with E-state index < -0.39 is 0 Å². The maximum Gasteiger partial charge on any atom is 0.224 e. The molecule has 2 amide bonds. The summed E-state index contributed by atoms with van der Waals surface area (Å²) >= 11 is 1.61. The molecule has 5 nitrogen and oxygen atoms in total. The molecule has 3 rings (SSSR count). The van der Waals surface area contributed by atoms with Crippen molar-refractivity contribution < 1.29 is 14.0 Å². The van der Waals surface area contributed by atoms with Gasteiger partial charge in [-0.3, -0.25) is 9.59 Å². The molecular formula is C20H24FN3O2S. The van der Waals surface area contributed by atoms with Crippen LogP contribution in [0.2, 0.25) is 0 Å². The Morgan fingerprint density at radius 3 is 2.96 bits per heavy atom. The minimum Gasteiger partial charge on any atom is -0.355 e. The second-order valence-electron chi connectivity index (χ2n) is 6.73. The third-order valence-electron chi connectivity index (χ3n) is 4.79. The zero-order chi connectivity index (χ0) is 19.2. The normalized spacial score (nSPS) is 17.2. The molecular weight excluding hydrogens is 365 g/mol. The number of carbonyl (C=O) groups is 2. The van der Waals surface area contributed by atoms with Gasteiger partial charge in [-0.05, 0) is 18.9 Å². The number of amides is 2. The van der Waals surface area contributed by atoms with Crippen molar-refractivity contribution >= 4 is 23.2 Å². The van der Waals surface area contributed by atoms with Crippen molar-refractivity contribution in [3.8, 4) is 0 Å². The second-order valence-corrected chi connectivity index (χ2v) is 7.67. The fourth-order valence-corrected chi connectivity index (χ4v) is 4.06. The van der Waals surface area contributed by atoms with Crippen LogP contribution in [0.25, 0.3) is 0 Å². The van der Waals surface area contributed by atoms with Crippen LogP contribution < -0.4 is 5.32 Å². The Kier molecular flexibility index (Phi) is 6.55. The summed E-state index contributed by atoms with van der Waals surface area (Å²) in [6, 6.07) is 6.43. The molecule has 1 aliphatic rings. The number of rotatable bonds is 7. The van der Waals surface area contributed by atoms with E-state index in [0.29, 0.717) is 37.9 Å². The van der Waals surface area contributed by atoms with Crippen LogP contribution in [0.4, 0.5) is 4.39 Å². The lowest BCUT2D eigenvalue weighted by molar-refractivity contribution is -0.138. The number of carbonyl (C=O) groups excluding carboxylic acids is 2. The van der Waals surface area contributed by atoms with Crippen molar-refractivity contribution in [3.05, 3.63) is 51.7 Å². The molecule has 0 aliphatic carbocycles. The van der Waals surface area contributed by atoms with Gasteiger partial charge >= 0.3 is 0 Å². The number of likely N-dealkylation sites (tertiary alicyclic amines) is 1. The number of piperidine rings is 1. The molecule has 2 aromatic rings. The van der Waals surface area contributed by atoms with Gasteiger partial charge in [-0.15, -0.1) is 11.3 Å². The molecule has 1 aromatic carbocycles. The first-order valence-corrected chi connectivity index (χ1v) is 10.2. The fourth-order valence-electron chi connectivity index (χ4n) is 3.18. The van der Waals surface area contributed by atoms with Gasteiger partial charge in [0.1, 0.15) is 5.82 Å². The molecule has 1 aliphatic heterocycles. The molecule has 0 saturated carbocycles. The van der Waals surface area contributed by atoms with E-state index in [2.05, 4.69) is 17.2 Å². The number of benzene rings is 1. The van der Waals surface area contributed by atoms with Crippen LogP contribution in [0.1, 0.15) is 36.0 Å². The lowest BCUT2D eigenvalue weighted by Crippen LogP contribution is -2.45. The van der Waals surface area contributed by atoms with Crippen LogP contribution in [0.5, 0.6) is 0 Å². The maximum atomic E-state index is 13.9. The first-order valence-electron chi connectivity index (χ1n) is 9.29. The average molecular weight is 389 g/mol. The van der Waals surface area contributed by atoms with E-state index >= 15 is 0 Å². The van der Waals surface area contributed by atoms with Crippen LogP contribution in [0, 0.1) is 11.7 Å². The quantitative estimate of drug-likeness (QED) is 0.792. The Labute approximate surface area is 162 Å². The summed E-state index contributed by atoms with van der Waals surface area (Å²) in [5, 5.41) is 6.02. The number of thiazole rings is 1. The summed E-state index contributed by atoms with van der Waals surface area (Å²) in [6.45, 7) is 3.13. The highest BCUT2D eigenvalue weighted by molar-refractivity contribution is 7.09. The lowest BCUT2D eigenvalue weighted by atomic mass is 9.96. The summed E-state index contributed by atoms with van der Waals surface area (Å²) in [5.74, 6) is -0.658. The Morgan fingerprint density at radius 2 is 2.22 bits per heavy atom. The molecule has 1 fully saturated rings. The van der Waals surface area contributed by atoms with E-state index in [9.17, 15) is 14.0 Å². The minimum absolute atomic E-state index is 0.0304. The Balaban J connectivity index is 1.51. The number of aromatic nitrogens is 1. The lowest BCUT2D eigenvalue weighted by Gasteiger charge is -2.32. The maximum absolute atomic E-state index is 13.9. The summed E-state index contributed by atoms with van der Waals surface area (Å²) in [7, 11) is 0. The third-order valence-corrected chi connectivity index (χ3v) is 5.75. The van der Waals surface area contributed by atoms with Gasteiger partial charge in [-0.1, -0.05) is 25.1 Å². The van der Waals surface area contributed by atoms with E-state index in [1.165, 1.54) is 6.07 Å². The van der Waals surface area contributed by atoms with Crippen LogP contribution >= 0.6 is 11.3 Å². The summed E-state index contributed by atoms with van der Waals surface area (Å²) in [4.78, 5) is 30.7. The predicted octanol–water partition coefficient (Wildman–Crippen LogP) is 2.94. The Morgan fingerprint density at radius 1 is 1.41 bits per heavy atom. The number of halogens is 1. The number of aryl methyl sites for hydroxylation is 1. The largest absolute Gasteiger partial charge is 0.355 e. The zero-order valence-corrected chi connectivity index (χ0v) is 16.2. The molecule has 2 heterocycles. The fraction of sp³-hybridized carbons (Fsp3) is 0.450. The molecule has 27 heavy (non-hydrogen) atoms. The Bertz CT molecular complexity index is 808. The van der Waals surface area contributed by atoms with Crippen molar-refractivity contribution in [1.29, 1.82) is 0 Å². The Hall–Kier alpha value is -2.28. The molecule has 1 atom stereocenters. The van der Waals surface area contributed by atoms with Gasteiger partial charge in [0, 0.05) is 43.4 Å². The first kappa shape index (κ1) is 19.5. The topological polar surface area (TPSA) is 62.3 Å². The van der Waals surface area contributed by atoms with Gasteiger partial charge in [-0.25, -0.2) is 9.37 Å². The van der Waals surface area contributed by atoms with Gasteiger partial charge in [0.2, 0.25) is 11.8 Å². The molecule has 7 heteroatoms. The smallest absolute Gasteiger partial charge is 0.224 e. The van der Waals surface area contributed by atoms with E-state index in [0.717, 1.165) is 17.1 Å². The highest BCUT2D eigenvalue weighted by Gasteiger charge is 2.30. The predicted molar refractivity (Wildman–Crippen MR) is 103 cm³/mol. The van der Waals surface area contributed by atoms with Crippen molar-refractivity contribution in [2.45, 2.75) is 39.2 Å². The molecule has 1 saturated heterocycles. The third kappa shape index (κ3) is 5.13. The highest BCUT2D eigenvalue weighted by atomic mass is 32.1. The summed E-state index contributed by atoms with van der Waals surface area (Å²) < 4.78 is 13.9. The molecule has 0 bridgehead atoms. The van der Waals surface area contributed by atoms with E-state index in [4.69, 9.17) is 0 Å². The van der Waals surface area contributed by atoms with Crippen molar-refractivity contribution in [2.24, 2.45) is 5.92 Å². The van der Waals surface area contributed by atoms with Crippen molar-refractivity contribution in [1.82, 2.24) is 15.2 Å². The van der Waals surface area contributed by atoms with Crippen LogP contribution in [-0.2, 0) is 29.0 Å². The van der Waals surface area contributed by atoms with E-state index in [1.54, 1.807) is 34.4 Å². The molecule has 1 N–H and O–H groups in total. The van der Waals surface area contributed by atoms with Crippen molar-refractivity contribution in [2.75, 3.05) is 13.1 Å². The number of nitrogens with zero attached hydrogens (tertiary/aromatic N) is 2. The molecule has 1 aromatic heterocycles. The summed E-state index contributed by atoms with van der Waals surface area (Å²) in [5.41, 5.74) is 1.55. The first-order chi connectivity index (χ1) is 13.1. The van der Waals surface area contributed by atoms with Crippen LogP contribution in [0.15, 0.2) is 29.6 Å². The van der Waals surface area contributed by atoms with Gasteiger partial charge in [-0.2, -0.15) is 0 Å². The van der Waals surface area contributed by atoms with Crippen LogP contribution in [0.3, 0.4) is 0 Å². The van der Waals surface area contributed by atoms with Crippen molar-refractivity contribution in [3.63, 3.8) is 0 Å². The molecule has 0 radical (unpaired) electrons. The summed E-state index contributed by atoms with van der Waals surface area (Å²) in [6.07, 6.45) is 2.48. The standard InChI is InChI=1S/C20H24FN3O2S/c1-2-16-13-27-18(23-16)9-10-22-20(26)15-7-8-19(25)24(12-15)11-14-5-3-4-6-17(14)21/h3-6,13,15H,2,7-12H2,1H3,(H,22,26)/t15-/m1/s1. The number of hydrogen-bond donors (Lipinski definition) is 1. The zero-order valence-electron chi connectivity index (χ0n) is 15.4. The SMILES string of the molecule is CCc1csc(CCNC(=O)[C@@H]2CCC(=O)N(Cc3ccccc3F)C2)n1. The molecule has 144 valence electrons. The van der Waals surface area contributed by atoms with Gasteiger partial charge in [0.05, 0.1) is 16.6 Å². The highest BCUT2D eigenvalue weighted by Crippen LogP contribution is 2.21. The monoisotopic (exact) mass is 389 g/mol. The van der Waals surface area contributed by atoms with E-state index in [-0.39, 0.29) is 30.1 Å². The van der Waals surface area contributed by atoms with Gasteiger partial charge < -0.3 is 10.2 Å². The average Bonchev–Trinajstić information content (AvgIpc) is 3.13. The minimum atomic E-state index is -0.327. The second kappa shape index (κ2) is 9.08. The van der Waals surface area contributed by atoms with E-state index in [1.807, 2.05) is 5.38 Å². The molecule has 0 spiro atoms.